The number of hydrogen-bond donors (Lipinski definition) is 0. The van der Waals surface area contributed by atoms with Gasteiger partial charge in [0.25, 0.3) is 0 Å². The SMILES string of the molecule is COc1ccc([P+](=O)c2ccc(OC)c(C(C)(C)C)c2C(C)(C)C)c(C(C)(C)C)c1C(C)(C)C. The van der Waals surface area contributed by atoms with Crippen molar-refractivity contribution in [3.8, 4) is 11.5 Å². The molecule has 0 saturated heterocycles. The van der Waals surface area contributed by atoms with Gasteiger partial charge < -0.3 is 9.47 Å². The topological polar surface area (TPSA) is 35.5 Å². The highest BCUT2D eigenvalue weighted by Crippen LogP contribution is 2.45. The second-order valence-corrected chi connectivity index (χ2v) is 14.9. The molecule has 3 nitrogen and oxygen atoms in total. The molecular formula is C30H46O3P+. The van der Waals surface area contributed by atoms with Crippen molar-refractivity contribution in [3.63, 3.8) is 0 Å². The predicted molar refractivity (Wildman–Crippen MR) is 148 cm³/mol. The molecule has 0 aliphatic carbocycles. The van der Waals surface area contributed by atoms with Crippen molar-refractivity contribution in [2.45, 2.75) is 105 Å². The largest absolute Gasteiger partial charge is 0.496 e. The van der Waals surface area contributed by atoms with E-state index in [-0.39, 0.29) is 21.7 Å². The maximum Gasteiger partial charge on any atom is 0.415 e. The number of methoxy groups -OCH3 is 2. The molecule has 0 N–H and O–H groups in total. The van der Waals surface area contributed by atoms with Gasteiger partial charge in [-0.2, -0.15) is 0 Å². The lowest BCUT2D eigenvalue weighted by Crippen LogP contribution is -2.33. The van der Waals surface area contributed by atoms with Crippen LogP contribution in [0.15, 0.2) is 24.3 Å². The average molecular weight is 486 g/mol. The molecule has 0 bridgehead atoms. The fraction of sp³-hybridized carbons (Fsp3) is 0.600. The van der Waals surface area contributed by atoms with Crippen LogP contribution in [0.5, 0.6) is 11.5 Å². The van der Waals surface area contributed by atoms with Crippen LogP contribution in [-0.4, -0.2) is 14.2 Å². The summed E-state index contributed by atoms with van der Waals surface area (Å²) in [5, 5.41) is 1.78. The van der Waals surface area contributed by atoms with Gasteiger partial charge in [0.15, 0.2) is 10.6 Å². The Morgan fingerprint density at radius 2 is 0.765 bits per heavy atom. The molecule has 0 aliphatic heterocycles. The van der Waals surface area contributed by atoms with Gasteiger partial charge in [-0.25, -0.2) is 0 Å². The molecule has 0 saturated carbocycles. The molecule has 2 aromatic carbocycles. The van der Waals surface area contributed by atoms with Crippen LogP contribution >= 0.6 is 7.80 Å². The van der Waals surface area contributed by atoms with Gasteiger partial charge >= 0.3 is 7.80 Å². The van der Waals surface area contributed by atoms with E-state index in [1.54, 1.807) is 14.2 Å². The van der Waals surface area contributed by atoms with Gasteiger partial charge in [0.05, 0.1) is 14.2 Å². The molecule has 2 aromatic rings. The summed E-state index contributed by atoms with van der Waals surface area (Å²) in [6.07, 6.45) is 0. The Morgan fingerprint density at radius 1 is 0.500 bits per heavy atom. The molecular weight excluding hydrogens is 439 g/mol. The molecule has 0 amide bonds. The maximum absolute atomic E-state index is 14.6. The molecule has 0 aliphatic rings. The summed E-state index contributed by atoms with van der Waals surface area (Å²) in [6.45, 7) is 26.4. The molecule has 188 valence electrons. The van der Waals surface area contributed by atoms with E-state index >= 15 is 0 Å². The van der Waals surface area contributed by atoms with Crippen molar-refractivity contribution in [2.75, 3.05) is 14.2 Å². The predicted octanol–water partition coefficient (Wildman–Crippen LogP) is 7.67. The fourth-order valence-corrected chi connectivity index (χ4v) is 6.94. The monoisotopic (exact) mass is 485 g/mol. The van der Waals surface area contributed by atoms with E-state index in [4.69, 9.17) is 9.47 Å². The van der Waals surface area contributed by atoms with Crippen LogP contribution in [0.3, 0.4) is 0 Å². The van der Waals surface area contributed by atoms with Crippen molar-refractivity contribution in [1.29, 1.82) is 0 Å². The Hall–Kier alpha value is -1.86. The first-order valence-electron chi connectivity index (χ1n) is 12.2. The average Bonchev–Trinajstić information content (AvgIpc) is 2.68. The minimum atomic E-state index is -1.86. The van der Waals surface area contributed by atoms with Crippen LogP contribution < -0.4 is 20.1 Å². The highest BCUT2D eigenvalue weighted by atomic mass is 31.1. The lowest BCUT2D eigenvalue weighted by molar-refractivity contribution is 0.392. The van der Waals surface area contributed by atoms with Gasteiger partial charge in [-0.05, 0) is 45.9 Å². The van der Waals surface area contributed by atoms with E-state index in [2.05, 4.69) is 83.1 Å². The maximum atomic E-state index is 14.6. The molecule has 0 heterocycles. The first-order valence-corrected chi connectivity index (χ1v) is 13.4. The summed E-state index contributed by atoms with van der Waals surface area (Å²) in [7, 11) is 1.57. The number of ether oxygens (including phenoxy) is 2. The van der Waals surface area contributed by atoms with Crippen LogP contribution in [0.4, 0.5) is 0 Å². The Balaban J connectivity index is 3.05. The Morgan fingerprint density at radius 3 is 0.971 bits per heavy atom. The molecule has 2 rings (SSSR count). The van der Waals surface area contributed by atoms with Crippen molar-refractivity contribution in [3.05, 3.63) is 46.5 Å². The first kappa shape index (κ1) is 28.4. The summed E-state index contributed by atoms with van der Waals surface area (Å²) < 4.78 is 26.2. The van der Waals surface area contributed by atoms with E-state index in [1.807, 2.05) is 24.3 Å². The molecule has 0 fully saturated rings. The summed E-state index contributed by atoms with van der Waals surface area (Å²) in [4.78, 5) is 0. The van der Waals surface area contributed by atoms with Crippen molar-refractivity contribution >= 4 is 18.4 Å². The van der Waals surface area contributed by atoms with E-state index in [0.29, 0.717) is 0 Å². The third-order valence-electron chi connectivity index (χ3n) is 6.17. The van der Waals surface area contributed by atoms with Crippen LogP contribution in [0.2, 0.25) is 0 Å². The van der Waals surface area contributed by atoms with E-state index in [1.165, 1.54) is 0 Å². The van der Waals surface area contributed by atoms with Crippen LogP contribution in [0, 0.1) is 0 Å². The smallest absolute Gasteiger partial charge is 0.415 e. The molecule has 0 unspecified atom stereocenters. The molecule has 0 aromatic heterocycles. The minimum absolute atomic E-state index is 0.163. The van der Waals surface area contributed by atoms with Crippen LogP contribution in [-0.2, 0) is 26.2 Å². The third kappa shape index (κ3) is 5.51. The van der Waals surface area contributed by atoms with Crippen LogP contribution in [0.1, 0.15) is 105 Å². The standard InChI is InChI=1S/C30H46O3P/c1-27(2,3)23-19(32-13)15-17-21(25(23)29(7,8)9)34(31)22-18-16-20(33-14)24(28(4,5)6)26(22)30(10,11)12/h15-18H,1-14H3/q+1. The van der Waals surface area contributed by atoms with Crippen LogP contribution in [0.25, 0.3) is 0 Å². The minimum Gasteiger partial charge on any atom is -0.496 e. The zero-order chi connectivity index (χ0) is 26.4. The van der Waals surface area contributed by atoms with E-state index in [9.17, 15) is 4.57 Å². The molecule has 0 radical (unpaired) electrons. The summed E-state index contributed by atoms with van der Waals surface area (Å²) in [5.41, 5.74) is 3.75. The number of hydrogen-bond acceptors (Lipinski definition) is 3. The van der Waals surface area contributed by atoms with E-state index < -0.39 is 7.80 Å². The second-order valence-electron chi connectivity index (χ2n) is 13.4. The zero-order valence-corrected chi connectivity index (χ0v) is 24.9. The van der Waals surface area contributed by atoms with Gasteiger partial charge in [-0.1, -0.05) is 87.6 Å². The fourth-order valence-electron chi connectivity index (χ4n) is 4.96. The van der Waals surface area contributed by atoms with Crippen molar-refractivity contribution in [1.82, 2.24) is 0 Å². The molecule has 34 heavy (non-hydrogen) atoms. The quantitative estimate of drug-likeness (QED) is 0.417. The second kappa shape index (κ2) is 9.30. The zero-order valence-electron chi connectivity index (χ0n) is 24.0. The first-order chi connectivity index (χ1) is 15.3. The third-order valence-corrected chi connectivity index (χ3v) is 7.79. The van der Waals surface area contributed by atoms with E-state index in [0.717, 1.165) is 44.4 Å². The Labute approximate surface area is 209 Å². The summed E-state index contributed by atoms with van der Waals surface area (Å²) in [5.74, 6) is 1.71. The molecule has 0 spiro atoms. The normalized spacial score (nSPS) is 13.1. The van der Waals surface area contributed by atoms with Gasteiger partial charge in [0.2, 0.25) is 0 Å². The van der Waals surface area contributed by atoms with Gasteiger partial charge in [0, 0.05) is 22.3 Å². The lowest BCUT2D eigenvalue weighted by atomic mass is 9.74. The van der Waals surface area contributed by atoms with Crippen molar-refractivity contribution in [2.24, 2.45) is 0 Å². The van der Waals surface area contributed by atoms with Gasteiger partial charge in [0.1, 0.15) is 11.5 Å². The highest BCUT2D eigenvalue weighted by Gasteiger charge is 2.43. The van der Waals surface area contributed by atoms with Crippen molar-refractivity contribution < 1.29 is 14.0 Å². The lowest BCUT2D eigenvalue weighted by Gasteiger charge is -2.32. The number of rotatable bonds is 4. The summed E-state index contributed by atoms with van der Waals surface area (Å²) >= 11 is 0. The molecule has 4 heteroatoms. The molecule has 0 atom stereocenters. The van der Waals surface area contributed by atoms with Gasteiger partial charge in [-0.3, -0.25) is 0 Å². The number of benzene rings is 2. The van der Waals surface area contributed by atoms with Gasteiger partial charge in [-0.15, -0.1) is 0 Å². The highest BCUT2D eigenvalue weighted by molar-refractivity contribution is 7.61. The summed E-state index contributed by atoms with van der Waals surface area (Å²) in [6, 6.07) is 8.01. The Kier molecular flexibility index (Phi) is 7.77. The Bertz CT molecular complexity index is 983.